The number of hydrogen-bond donors (Lipinski definition) is 0. The number of ether oxygens (including phenoxy) is 2. The molecule has 0 radical (unpaired) electrons. The molecule has 1 aliphatic rings. The highest BCUT2D eigenvalue weighted by Crippen LogP contribution is 2.37. The molecule has 1 saturated heterocycles. The van der Waals surface area contributed by atoms with Crippen LogP contribution >= 0.6 is 11.6 Å². The van der Waals surface area contributed by atoms with Crippen LogP contribution in [-0.2, 0) is 17.5 Å². The van der Waals surface area contributed by atoms with E-state index >= 15 is 0 Å². The van der Waals surface area contributed by atoms with Gasteiger partial charge in [0, 0.05) is 50.4 Å². The van der Waals surface area contributed by atoms with Crippen LogP contribution in [0.25, 0.3) is 0 Å². The van der Waals surface area contributed by atoms with Gasteiger partial charge in [-0.15, -0.1) is 0 Å². The first-order valence-corrected chi connectivity index (χ1v) is 15.0. The predicted molar refractivity (Wildman–Crippen MR) is 166 cm³/mol. The summed E-state index contributed by atoms with van der Waals surface area (Å²) in [7, 11) is 0. The van der Waals surface area contributed by atoms with Crippen LogP contribution in [0.1, 0.15) is 34.6 Å². The minimum Gasteiger partial charge on any atom is -0.493 e. The molecule has 0 spiro atoms. The van der Waals surface area contributed by atoms with E-state index in [9.17, 15) is 13.2 Å². The lowest BCUT2D eigenvalue weighted by Gasteiger charge is -2.29. The first-order valence-electron chi connectivity index (χ1n) is 14.6. The Labute approximate surface area is 256 Å². The molecule has 43 heavy (non-hydrogen) atoms. The summed E-state index contributed by atoms with van der Waals surface area (Å²) in [5.74, 6) is 0.820. The monoisotopic (exact) mass is 608 g/mol. The van der Waals surface area contributed by atoms with Crippen LogP contribution in [0.5, 0.6) is 5.75 Å². The Balaban J connectivity index is 1.32. The molecule has 8 heteroatoms. The molecule has 1 fully saturated rings. The summed E-state index contributed by atoms with van der Waals surface area (Å²) in [4.78, 5) is 4.46. The fraction of sp³-hybridized carbons (Fsp3) is 0.314. The summed E-state index contributed by atoms with van der Waals surface area (Å²) in [5.41, 5.74) is 3.04. The van der Waals surface area contributed by atoms with Crippen LogP contribution in [-0.4, -0.2) is 50.9 Å². The number of hydrogen-bond acceptors (Lipinski definition) is 4. The van der Waals surface area contributed by atoms with Crippen molar-refractivity contribution >= 4 is 17.3 Å². The van der Waals surface area contributed by atoms with Gasteiger partial charge in [-0.1, -0.05) is 90.5 Å². The van der Waals surface area contributed by atoms with Crippen molar-refractivity contribution in [2.75, 3.05) is 50.9 Å². The summed E-state index contributed by atoms with van der Waals surface area (Å²) in [6, 6.07) is 32.6. The number of morpholine rings is 1. The number of alkyl halides is 3. The van der Waals surface area contributed by atoms with Crippen molar-refractivity contribution in [3.05, 3.63) is 130 Å². The number of rotatable bonds is 12. The quantitative estimate of drug-likeness (QED) is 0.151. The van der Waals surface area contributed by atoms with Crippen LogP contribution < -0.4 is 9.64 Å². The van der Waals surface area contributed by atoms with E-state index < -0.39 is 11.7 Å². The SMILES string of the molecule is FC(F)(F)c1cccc(CN(CCCOc2cccc(N3CCOCC3)c2)CC(c2ccccc2)c2ccccc2)c1Cl. The van der Waals surface area contributed by atoms with Gasteiger partial charge in [0.1, 0.15) is 5.75 Å². The molecule has 1 aliphatic heterocycles. The maximum atomic E-state index is 13.7. The Bertz CT molecular complexity index is 1390. The molecule has 0 unspecified atom stereocenters. The highest BCUT2D eigenvalue weighted by Gasteiger charge is 2.34. The minimum absolute atomic E-state index is 0.0260. The summed E-state index contributed by atoms with van der Waals surface area (Å²) in [6.45, 7) is 5.10. The lowest BCUT2D eigenvalue weighted by Crippen LogP contribution is -2.36. The normalized spacial score (nSPS) is 14.0. The van der Waals surface area contributed by atoms with E-state index in [1.165, 1.54) is 6.07 Å². The molecule has 0 atom stereocenters. The lowest BCUT2D eigenvalue weighted by atomic mass is 9.90. The van der Waals surface area contributed by atoms with Gasteiger partial charge in [-0.05, 0) is 41.3 Å². The van der Waals surface area contributed by atoms with Gasteiger partial charge < -0.3 is 14.4 Å². The molecule has 0 amide bonds. The van der Waals surface area contributed by atoms with Gasteiger partial charge in [-0.2, -0.15) is 13.2 Å². The van der Waals surface area contributed by atoms with E-state index in [4.69, 9.17) is 21.1 Å². The van der Waals surface area contributed by atoms with Crippen LogP contribution in [0, 0.1) is 0 Å². The molecule has 4 nitrogen and oxygen atoms in total. The number of halogens is 4. The van der Waals surface area contributed by atoms with E-state index in [0.29, 0.717) is 44.9 Å². The molecule has 0 bridgehead atoms. The number of benzene rings is 4. The molecule has 5 rings (SSSR count). The summed E-state index contributed by atoms with van der Waals surface area (Å²) >= 11 is 6.35. The molecule has 0 N–H and O–H groups in total. The van der Waals surface area contributed by atoms with Gasteiger partial charge in [0.05, 0.1) is 30.4 Å². The fourth-order valence-electron chi connectivity index (χ4n) is 5.50. The number of nitrogens with zero attached hydrogens (tertiary/aromatic N) is 2. The van der Waals surface area contributed by atoms with Crippen molar-refractivity contribution in [3.63, 3.8) is 0 Å². The number of anilines is 1. The third kappa shape index (κ3) is 8.53. The average Bonchev–Trinajstić information content (AvgIpc) is 3.03. The molecule has 1 heterocycles. The smallest absolute Gasteiger partial charge is 0.417 e. The van der Waals surface area contributed by atoms with Gasteiger partial charge in [-0.25, -0.2) is 0 Å². The molecule has 0 saturated carbocycles. The fourth-order valence-corrected chi connectivity index (χ4v) is 5.79. The third-order valence-electron chi connectivity index (χ3n) is 7.70. The van der Waals surface area contributed by atoms with Crippen molar-refractivity contribution < 1.29 is 22.6 Å². The molecule has 226 valence electrons. The Morgan fingerprint density at radius 2 is 1.49 bits per heavy atom. The van der Waals surface area contributed by atoms with E-state index in [2.05, 4.69) is 40.1 Å². The second-order valence-electron chi connectivity index (χ2n) is 10.7. The van der Waals surface area contributed by atoms with Gasteiger partial charge in [-0.3, -0.25) is 4.90 Å². The third-order valence-corrected chi connectivity index (χ3v) is 8.15. The molecule has 4 aromatic rings. The summed E-state index contributed by atoms with van der Waals surface area (Å²) in [5, 5.41) is -0.243. The molecule has 0 aromatic heterocycles. The molecular formula is C35H36ClF3N2O2. The minimum atomic E-state index is -4.52. The molecular weight excluding hydrogens is 573 g/mol. The topological polar surface area (TPSA) is 24.9 Å². The largest absolute Gasteiger partial charge is 0.493 e. The zero-order valence-electron chi connectivity index (χ0n) is 24.0. The first kappa shape index (κ1) is 30.9. The predicted octanol–water partition coefficient (Wildman–Crippen LogP) is 8.30. The van der Waals surface area contributed by atoms with Gasteiger partial charge in [0.2, 0.25) is 0 Å². The van der Waals surface area contributed by atoms with E-state index in [0.717, 1.165) is 41.7 Å². The zero-order chi connectivity index (χ0) is 30.1. The molecule has 4 aromatic carbocycles. The van der Waals surface area contributed by atoms with E-state index in [1.807, 2.05) is 54.6 Å². The van der Waals surface area contributed by atoms with Crippen molar-refractivity contribution in [1.82, 2.24) is 4.90 Å². The Morgan fingerprint density at radius 1 is 0.837 bits per heavy atom. The van der Waals surface area contributed by atoms with Crippen molar-refractivity contribution in [2.45, 2.75) is 25.1 Å². The average molecular weight is 609 g/mol. The second kappa shape index (κ2) is 14.8. The standard InChI is InChI=1S/C35H36ClF3N2O2/c36-34-29(14-7-17-33(34)35(37,38)39)25-40(26-32(27-10-3-1-4-11-27)28-12-5-2-6-13-28)18-9-21-43-31-16-8-15-30(24-31)41-19-22-42-23-20-41/h1-8,10-17,24,32H,9,18-23,25-26H2. The zero-order valence-corrected chi connectivity index (χ0v) is 24.7. The van der Waals surface area contributed by atoms with E-state index in [-0.39, 0.29) is 17.5 Å². The Kier molecular flexibility index (Phi) is 10.6. The lowest BCUT2D eigenvalue weighted by molar-refractivity contribution is -0.137. The Morgan fingerprint density at radius 3 is 2.14 bits per heavy atom. The maximum absolute atomic E-state index is 13.7. The van der Waals surface area contributed by atoms with Crippen LogP contribution in [0.3, 0.4) is 0 Å². The van der Waals surface area contributed by atoms with Crippen LogP contribution in [0.15, 0.2) is 103 Å². The highest BCUT2D eigenvalue weighted by atomic mass is 35.5. The van der Waals surface area contributed by atoms with E-state index in [1.54, 1.807) is 6.07 Å². The van der Waals surface area contributed by atoms with Crippen LogP contribution in [0.2, 0.25) is 5.02 Å². The second-order valence-corrected chi connectivity index (χ2v) is 11.1. The van der Waals surface area contributed by atoms with Gasteiger partial charge in [0.25, 0.3) is 0 Å². The van der Waals surface area contributed by atoms with Gasteiger partial charge >= 0.3 is 6.18 Å². The highest BCUT2D eigenvalue weighted by molar-refractivity contribution is 6.32. The molecule has 0 aliphatic carbocycles. The summed E-state index contributed by atoms with van der Waals surface area (Å²) < 4.78 is 52.6. The van der Waals surface area contributed by atoms with Gasteiger partial charge in [0.15, 0.2) is 0 Å². The first-order chi connectivity index (χ1) is 20.9. The van der Waals surface area contributed by atoms with Crippen LogP contribution in [0.4, 0.5) is 18.9 Å². The maximum Gasteiger partial charge on any atom is 0.417 e. The summed E-state index contributed by atoms with van der Waals surface area (Å²) in [6.07, 6.45) is -3.83. The van der Waals surface area contributed by atoms with Crippen molar-refractivity contribution in [1.29, 1.82) is 0 Å². The Hall–Kier alpha value is -3.52. The van der Waals surface area contributed by atoms with Crippen molar-refractivity contribution in [2.24, 2.45) is 0 Å². The van der Waals surface area contributed by atoms with Crippen molar-refractivity contribution in [3.8, 4) is 5.75 Å².